The highest BCUT2D eigenvalue weighted by Gasteiger charge is 2.37. The average Bonchev–Trinajstić information content (AvgIpc) is 2.68. The van der Waals surface area contributed by atoms with Crippen LogP contribution in [0.2, 0.25) is 0 Å². The van der Waals surface area contributed by atoms with E-state index in [9.17, 15) is 14.4 Å². The number of rotatable bonds is 2. The predicted molar refractivity (Wildman–Crippen MR) is 64.6 cm³/mol. The Morgan fingerprint density at radius 3 is 2.47 bits per heavy atom. The van der Waals surface area contributed by atoms with Gasteiger partial charge < -0.3 is 4.90 Å². The number of likely N-dealkylation sites (tertiary alicyclic amines) is 1. The van der Waals surface area contributed by atoms with E-state index in [1.165, 1.54) is 4.90 Å². The molecule has 94 valence electrons. The minimum atomic E-state index is -0.129. The van der Waals surface area contributed by atoms with Gasteiger partial charge in [0.05, 0.1) is 5.75 Å². The summed E-state index contributed by atoms with van der Waals surface area (Å²) in [5.41, 5.74) is 0. The first-order chi connectivity index (χ1) is 8.13. The smallest absolute Gasteiger partial charge is 0.289 e. The van der Waals surface area contributed by atoms with E-state index < -0.39 is 0 Å². The standard InChI is InChI=1S/C11H16N2O3S/c1-2-9(14)12-5-3-8(4-6-12)13-10(15)7-17-11(13)16/h8H,2-7H2,1H3. The summed E-state index contributed by atoms with van der Waals surface area (Å²) in [6, 6.07) is -0.00842. The first-order valence-electron chi connectivity index (χ1n) is 5.90. The molecule has 2 fully saturated rings. The Morgan fingerprint density at radius 2 is 2.00 bits per heavy atom. The van der Waals surface area contributed by atoms with Crippen LogP contribution in [0, 0.1) is 0 Å². The van der Waals surface area contributed by atoms with Crippen LogP contribution >= 0.6 is 11.8 Å². The lowest BCUT2D eigenvalue weighted by Crippen LogP contribution is -2.48. The van der Waals surface area contributed by atoms with Gasteiger partial charge in [-0.25, -0.2) is 0 Å². The third-order valence-corrected chi connectivity index (χ3v) is 4.10. The van der Waals surface area contributed by atoms with Gasteiger partial charge in [0.1, 0.15) is 0 Å². The van der Waals surface area contributed by atoms with E-state index in [1.54, 1.807) is 0 Å². The maximum Gasteiger partial charge on any atom is 0.289 e. The van der Waals surface area contributed by atoms with Gasteiger partial charge in [-0.3, -0.25) is 19.3 Å². The number of thioether (sulfide) groups is 1. The van der Waals surface area contributed by atoms with Crippen LogP contribution in [-0.2, 0) is 9.59 Å². The molecule has 0 unspecified atom stereocenters. The van der Waals surface area contributed by atoms with E-state index in [0.29, 0.717) is 32.4 Å². The first kappa shape index (κ1) is 12.4. The van der Waals surface area contributed by atoms with Crippen LogP contribution in [0.3, 0.4) is 0 Å². The third-order valence-electron chi connectivity index (χ3n) is 3.27. The van der Waals surface area contributed by atoms with Gasteiger partial charge in [-0.1, -0.05) is 18.7 Å². The van der Waals surface area contributed by atoms with Crippen molar-refractivity contribution in [1.82, 2.24) is 9.80 Å². The summed E-state index contributed by atoms with van der Waals surface area (Å²) in [6.07, 6.45) is 1.94. The van der Waals surface area contributed by atoms with E-state index in [4.69, 9.17) is 0 Å². The van der Waals surface area contributed by atoms with Crippen LogP contribution in [0.15, 0.2) is 0 Å². The molecule has 0 aliphatic carbocycles. The zero-order valence-electron chi connectivity index (χ0n) is 9.85. The number of carbonyl (C=O) groups excluding carboxylic acids is 3. The van der Waals surface area contributed by atoms with Crippen LogP contribution in [0.4, 0.5) is 4.79 Å². The Balaban J connectivity index is 1.93. The lowest BCUT2D eigenvalue weighted by molar-refractivity contribution is -0.133. The quantitative estimate of drug-likeness (QED) is 0.742. The Morgan fingerprint density at radius 1 is 1.35 bits per heavy atom. The van der Waals surface area contributed by atoms with Crippen molar-refractivity contribution < 1.29 is 14.4 Å². The zero-order chi connectivity index (χ0) is 12.4. The number of piperidine rings is 1. The molecule has 0 spiro atoms. The molecule has 0 saturated carbocycles. The van der Waals surface area contributed by atoms with Gasteiger partial charge in [-0.15, -0.1) is 0 Å². The number of amides is 3. The minimum Gasteiger partial charge on any atom is -0.343 e. The number of hydrogen-bond acceptors (Lipinski definition) is 4. The molecule has 2 heterocycles. The molecule has 2 saturated heterocycles. The SMILES string of the molecule is CCC(=O)N1CCC(N2C(=O)CSC2=O)CC1. The topological polar surface area (TPSA) is 57.7 Å². The molecule has 5 nitrogen and oxygen atoms in total. The summed E-state index contributed by atoms with van der Waals surface area (Å²) in [7, 11) is 0. The van der Waals surface area contributed by atoms with Crippen molar-refractivity contribution in [3.05, 3.63) is 0 Å². The number of hydrogen-bond donors (Lipinski definition) is 0. The second-order valence-corrected chi connectivity index (χ2v) is 5.21. The highest BCUT2D eigenvalue weighted by atomic mass is 32.2. The third kappa shape index (κ3) is 2.46. The van der Waals surface area contributed by atoms with Crippen molar-refractivity contribution in [2.75, 3.05) is 18.8 Å². The molecule has 0 aromatic rings. The van der Waals surface area contributed by atoms with Crippen molar-refractivity contribution in [3.63, 3.8) is 0 Å². The Labute approximate surface area is 105 Å². The Kier molecular flexibility index (Phi) is 3.71. The van der Waals surface area contributed by atoms with Gasteiger partial charge >= 0.3 is 0 Å². The summed E-state index contributed by atoms with van der Waals surface area (Å²) < 4.78 is 0. The second-order valence-electron chi connectivity index (χ2n) is 4.28. The Hall–Kier alpha value is -1.04. The monoisotopic (exact) mass is 256 g/mol. The fourth-order valence-electron chi connectivity index (χ4n) is 2.31. The molecule has 2 rings (SSSR count). The molecule has 0 aromatic heterocycles. The largest absolute Gasteiger partial charge is 0.343 e. The zero-order valence-corrected chi connectivity index (χ0v) is 10.7. The van der Waals surface area contributed by atoms with Crippen molar-refractivity contribution in [2.45, 2.75) is 32.2 Å². The summed E-state index contributed by atoms with van der Waals surface area (Å²) in [5.74, 6) is 0.338. The summed E-state index contributed by atoms with van der Waals surface area (Å²) in [4.78, 5) is 37.8. The van der Waals surface area contributed by atoms with Gasteiger partial charge in [0.2, 0.25) is 11.8 Å². The average molecular weight is 256 g/mol. The molecule has 0 atom stereocenters. The molecule has 0 bridgehead atoms. The molecule has 0 N–H and O–H groups in total. The lowest BCUT2D eigenvalue weighted by Gasteiger charge is -2.35. The molecule has 17 heavy (non-hydrogen) atoms. The van der Waals surface area contributed by atoms with Crippen LogP contribution in [0.25, 0.3) is 0 Å². The first-order valence-corrected chi connectivity index (χ1v) is 6.88. The molecule has 2 aliphatic rings. The maximum atomic E-state index is 11.6. The highest BCUT2D eigenvalue weighted by Crippen LogP contribution is 2.26. The highest BCUT2D eigenvalue weighted by molar-refractivity contribution is 8.14. The normalized spacial score (nSPS) is 22.4. The number of imide groups is 1. The summed E-state index contributed by atoms with van der Waals surface area (Å²) >= 11 is 1.08. The molecule has 0 aromatic carbocycles. The van der Waals surface area contributed by atoms with Crippen LogP contribution in [0.5, 0.6) is 0 Å². The number of carbonyl (C=O) groups is 3. The minimum absolute atomic E-state index is 0.00842. The van der Waals surface area contributed by atoms with Crippen LogP contribution in [-0.4, -0.2) is 51.7 Å². The molecule has 0 radical (unpaired) electrons. The second kappa shape index (κ2) is 5.08. The van der Waals surface area contributed by atoms with Crippen LogP contribution in [0.1, 0.15) is 26.2 Å². The van der Waals surface area contributed by atoms with Crippen molar-refractivity contribution in [3.8, 4) is 0 Å². The fraction of sp³-hybridized carbons (Fsp3) is 0.727. The van der Waals surface area contributed by atoms with Crippen LogP contribution < -0.4 is 0 Å². The molecule has 6 heteroatoms. The molecular weight excluding hydrogens is 240 g/mol. The van der Waals surface area contributed by atoms with Crippen molar-refractivity contribution in [2.24, 2.45) is 0 Å². The van der Waals surface area contributed by atoms with Gasteiger partial charge in [0.25, 0.3) is 5.24 Å². The van der Waals surface area contributed by atoms with Crippen molar-refractivity contribution in [1.29, 1.82) is 0 Å². The van der Waals surface area contributed by atoms with E-state index in [0.717, 1.165) is 11.8 Å². The summed E-state index contributed by atoms with van der Waals surface area (Å²) in [6.45, 7) is 3.15. The van der Waals surface area contributed by atoms with E-state index in [2.05, 4.69) is 0 Å². The van der Waals surface area contributed by atoms with Gasteiger partial charge in [-0.2, -0.15) is 0 Å². The molecule has 2 aliphatic heterocycles. The van der Waals surface area contributed by atoms with E-state index in [-0.39, 0.29) is 28.8 Å². The van der Waals surface area contributed by atoms with Crippen molar-refractivity contribution >= 4 is 28.8 Å². The molecular formula is C11H16N2O3S. The van der Waals surface area contributed by atoms with E-state index in [1.807, 2.05) is 11.8 Å². The van der Waals surface area contributed by atoms with Gasteiger partial charge in [0.15, 0.2) is 0 Å². The van der Waals surface area contributed by atoms with Gasteiger partial charge in [-0.05, 0) is 12.8 Å². The van der Waals surface area contributed by atoms with Gasteiger partial charge in [0, 0.05) is 25.6 Å². The Bertz CT molecular complexity index is 335. The lowest BCUT2D eigenvalue weighted by atomic mass is 10.0. The fourth-order valence-corrected chi connectivity index (χ4v) is 3.09. The maximum absolute atomic E-state index is 11.6. The van der Waals surface area contributed by atoms with E-state index >= 15 is 0 Å². The predicted octanol–water partition coefficient (Wildman–Crippen LogP) is 1.08. The molecule has 3 amide bonds. The summed E-state index contributed by atoms with van der Waals surface area (Å²) in [5, 5.41) is -0.129. The number of nitrogens with zero attached hydrogens (tertiary/aromatic N) is 2.